The van der Waals surface area contributed by atoms with E-state index in [1.165, 1.54) is 13.2 Å². The molecular formula is C19H26O4. The maximum atomic E-state index is 11.1. The van der Waals surface area contributed by atoms with Gasteiger partial charge in [0.25, 0.3) is 0 Å². The van der Waals surface area contributed by atoms with Crippen molar-refractivity contribution < 1.29 is 19.0 Å². The lowest BCUT2D eigenvalue weighted by Gasteiger charge is -2.20. The van der Waals surface area contributed by atoms with E-state index in [2.05, 4.69) is 18.2 Å². The maximum absolute atomic E-state index is 11.1. The van der Waals surface area contributed by atoms with E-state index < -0.39 is 0 Å². The van der Waals surface area contributed by atoms with E-state index >= 15 is 0 Å². The molecule has 0 spiro atoms. The maximum Gasteiger partial charge on any atom is 0.330 e. The molecule has 0 bridgehead atoms. The van der Waals surface area contributed by atoms with Crippen molar-refractivity contribution in [2.45, 2.75) is 45.8 Å². The van der Waals surface area contributed by atoms with Crippen LogP contribution in [-0.4, -0.2) is 19.4 Å². The van der Waals surface area contributed by atoms with Gasteiger partial charge in [-0.3, -0.25) is 0 Å². The molecule has 1 atom stereocenters. The number of hydrogen-bond donors (Lipinski definition) is 0. The van der Waals surface area contributed by atoms with Crippen molar-refractivity contribution in [3.8, 4) is 5.75 Å². The van der Waals surface area contributed by atoms with Gasteiger partial charge in [-0.2, -0.15) is 0 Å². The highest BCUT2D eigenvalue weighted by molar-refractivity contribution is 5.86. The molecule has 0 radical (unpaired) electrons. The molecule has 1 rings (SSSR count). The second kappa shape index (κ2) is 10.5. The van der Waals surface area contributed by atoms with Crippen molar-refractivity contribution in [2.24, 2.45) is 0 Å². The number of ether oxygens (including phenoxy) is 3. The van der Waals surface area contributed by atoms with Gasteiger partial charge in [-0.1, -0.05) is 38.5 Å². The lowest BCUT2D eigenvalue weighted by Crippen LogP contribution is -2.19. The first-order valence-corrected chi connectivity index (χ1v) is 7.90. The summed E-state index contributed by atoms with van der Waals surface area (Å²) in [5.41, 5.74) is 0.895. The van der Waals surface area contributed by atoms with Crippen molar-refractivity contribution in [3.05, 3.63) is 48.2 Å². The van der Waals surface area contributed by atoms with Crippen LogP contribution in [-0.2, 0) is 14.3 Å². The summed E-state index contributed by atoms with van der Waals surface area (Å²) in [6.45, 7) is 7.75. The summed E-state index contributed by atoms with van der Waals surface area (Å²) in [7, 11) is 1.35. The normalized spacial score (nSPS) is 12.0. The topological polar surface area (TPSA) is 44.8 Å². The fraction of sp³-hybridized carbons (Fsp3) is 0.421. The smallest absolute Gasteiger partial charge is 0.330 e. The Morgan fingerprint density at radius 3 is 2.52 bits per heavy atom. The summed E-state index contributed by atoms with van der Waals surface area (Å²) in [6, 6.07) is 7.45. The summed E-state index contributed by atoms with van der Waals surface area (Å²) in [5.74, 6) is 0.989. The average molecular weight is 318 g/mol. The minimum absolute atomic E-state index is 0.324. The van der Waals surface area contributed by atoms with Gasteiger partial charge in [-0.25, -0.2) is 4.79 Å². The molecule has 0 aliphatic carbocycles. The third kappa shape index (κ3) is 8.10. The zero-order valence-electron chi connectivity index (χ0n) is 14.2. The fourth-order valence-corrected chi connectivity index (χ4v) is 1.97. The first-order chi connectivity index (χ1) is 11.0. The quantitative estimate of drug-likeness (QED) is 0.206. The van der Waals surface area contributed by atoms with Crippen LogP contribution in [0.3, 0.4) is 0 Å². The number of methoxy groups -OCH3 is 1. The number of benzene rings is 1. The summed E-state index contributed by atoms with van der Waals surface area (Å²) in [4.78, 5) is 11.1. The third-order valence-electron chi connectivity index (χ3n) is 3.14. The number of unbranched alkanes of at least 4 members (excludes halogenated alkanes) is 2. The van der Waals surface area contributed by atoms with Crippen LogP contribution in [0.4, 0.5) is 0 Å². The predicted molar refractivity (Wildman–Crippen MR) is 91.9 cm³/mol. The van der Waals surface area contributed by atoms with E-state index in [0.29, 0.717) is 5.76 Å². The van der Waals surface area contributed by atoms with Crippen LogP contribution in [0.5, 0.6) is 5.75 Å². The molecule has 4 heteroatoms. The fourth-order valence-electron chi connectivity index (χ4n) is 1.97. The van der Waals surface area contributed by atoms with Gasteiger partial charge < -0.3 is 14.2 Å². The Balaban J connectivity index is 2.63. The van der Waals surface area contributed by atoms with Crippen LogP contribution < -0.4 is 4.74 Å². The van der Waals surface area contributed by atoms with Gasteiger partial charge in [0.1, 0.15) is 5.75 Å². The Bertz CT molecular complexity index is 517. The van der Waals surface area contributed by atoms with Gasteiger partial charge in [0.2, 0.25) is 6.29 Å². The van der Waals surface area contributed by atoms with Crippen LogP contribution >= 0.6 is 0 Å². The Labute approximate surface area is 138 Å². The van der Waals surface area contributed by atoms with Gasteiger partial charge in [-0.05, 0) is 37.1 Å². The Morgan fingerprint density at radius 1 is 1.26 bits per heavy atom. The molecule has 0 aromatic heterocycles. The van der Waals surface area contributed by atoms with E-state index in [0.717, 1.165) is 37.0 Å². The predicted octanol–water partition coefficient (Wildman–Crippen LogP) is 4.71. The van der Waals surface area contributed by atoms with Crippen molar-refractivity contribution in [1.29, 1.82) is 0 Å². The Hall–Kier alpha value is -2.23. The molecule has 0 saturated carbocycles. The zero-order chi connectivity index (χ0) is 17.1. The van der Waals surface area contributed by atoms with E-state index in [9.17, 15) is 4.79 Å². The molecule has 0 aliphatic heterocycles. The number of esters is 1. The number of hydrogen-bond acceptors (Lipinski definition) is 4. The SMILES string of the molecule is C=C(C)OC(CCCCC)Oc1ccc(/C=C/C(=O)OC)cc1. The monoisotopic (exact) mass is 318 g/mol. The molecule has 4 nitrogen and oxygen atoms in total. The number of carbonyl (C=O) groups is 1. The standard InChI is InChI=1S/C19H26O4/c1-5-6-7-8-19(22-15(2)3)23-17-12-9-16(10-13-17)11-14-18(20)21-4/h9-14,19H,2,5-8H2,1,3-4H3/b14-11+. The number of allylic oxidation sites excluding steroid dienone is 1. The lowest BCUT2D eigenvalue weighted by atomic mass is 10.2. The highest BCUT2D eigenvalue weighted by Crippen LogP contribution is 2.19. The second-order valence-electron chi connectivity index (χ2n) is 5.29. The zero-order valence-corrected chi connectivity index (χ0v) is 14.2. The van der Waals surface area contributed by atoms with Crippen LogP contribution in [0.1, 0.15) is 45.1 Å². The summed E-state index contributed by atoms with van der Waals surface area (Å²) < 4.78 is 16.1. The number of rotatable bonds is 10. The van der Waals surface area contributed by atoms with Crippen LogP contribution in [0.2, 0.25) is 0 Å². The van der Waals surface area contributed by atoms with Crippen LogP contribution in [0.15, 0.2) is 42.7 Å². The van der Waals surface area contributed by atoms with Crippen molar-refractivity contribution >= 4 is 12.0 Å². The minimum Gasteiger partial charge on any atom is -0.466 e. The van der Waals surface area contributed by atoms with E-state index in [1.54, 1.807) is 6.08 Å². The molecule has 1 aromatic rings. The molecule has 1 unspecified atom stereocenters. The molecule has 126 valence electrons. The van der Waals surface area contributed by atoms with E-state index in [4.69, 9.17) is 9.47 Å². The molecule has 0 heterocycles. The second-order valence-corrected chi connectivity index (χ2v) is 5.29. The first-order valence-electron chi connectivity index (χ1n) is 7.90. The summed E-state index contributed by atoms with van der Waals surface area (Å²) in [5, 5.41) is 0. The average Bonchev–Trinajstić information content (AvgIpc) is 2.53. The largest absolute Gasteiger partial charge is 0.466 e. The van der Waals surface area contributed by atoms with Crippen LogP contribution in [0, 0.1) is 0 Å². The van der Waals surface area contributed by atoms with Gasteiger partial charge in [-0.15, -0.1) is 0 Å². The minimum atomic E-state index is -0.379. The van der Waals surface area contributed by atoms with Gasteiger partial charge >= 0.3 is 5.97 Å². The van der Waals surface area contributed by atoms with Gasteiger partial charge in [0.15, 0.2) is 0 Å². The summed E-state index contributed by atoms with van der Waals surface area (Å²) in [6.07, 6.45) is 6.93. The Kier molecular flexibility index (Phi) is 8.58. The summed E-state index contributed by atoms with van der Waals surface area (Å²) >= 11 is 0. The van der Waals surface area contributed by atoms with E-state index in [-0.39, 0.29) is 12.3 Å². The van der Waals surface area contributed by atoms with Crippen molar-refractivity contribution in [2.75, 3.05) is 7.11 Å². The van der Waals surface area contributed by atoms with E-state index in [1.807, 2.05) is 31.2 Å². The van der Waals surface area contributed by atoms with Gasteiger partial charge in [0.05, 0.1) is 12.9 Å². The number of carbonyl (C=O) groups excluding carboxylic acids is 1. The highest BCUT2D eigenvalue weighted by Gasteiger charge is 2.11. The lowest BCUT2D eigenvalue weighted by molar-refractivity contribution is -0.134. The Morgan fingerprint density at radius 2 is 1.96 bits per heavy atom. The molecule has 0 N–H and O–H groups in total. The molecule has 0 amide bonds. The third-order valence-corrected chi connectivity index (χ3v) is 3.14. The molecule has 1 aromatic carbocycles. The van der Waals surface area contributed by atoms with Crippen molar-refractivity contribution in [3.63, 3.8) is 0 Å². The van der Waals surface area contributed by atoms with Gasteiger partial charge in [0, 0.05) is 12.5 Å². The molecule has 0 fully saturated rings. The first kappa shape index (κ1) is 18.8. The molecule has 0 saturated heterocycles. The van der Waals surface area contributed by atoms with Crippen molar-refractivity contribution in [1.82, 2.24) is 0 Å². The highest BCUT2D eigenvalue weighted by atomic mass is 16.7. The van der Waals surface area contributed by atoms with Crippen LogP contribution in [0.25, 0.3) is 6.08 Å². The molecular weight excluding hydrogens is 292 g/mol. The molecule has 23 heavy (non-hydrogen) atoms. The molecule has 0 aliphatic rings.